The van der Waals surface area contributed by atoms with Crippen LogP contribution in [0.5, 0.6) is 5.75 Å². The van der Waals surface area contributed by atoms with Crippen LogP contribution in [0.25, 0.3) is 11.0 Å². The minimum absolute atomic E-state index is 0.0129. The fourth-order valence-electron chi connectivity index (χ4n) is 4.32. The molecule has 4 rings (SSSR count). The van der Waals surface area contributed by atoms with Crippen LogP contribution in [0.15, 0.2) is 24.4 Å². The molecule has 15 heteroatoms. The molecule has 2 aromatic heterocycles. The number of ether oxygens (including phenoxy) is 2. The van der Waals surface area contributed by atoms with Crippen LogP contribution in [0.3, 0.4) is 0 Å². The molecule has 3 heterocycles. The predicted octanol–water partition coefficient (Wildman–Crippen LogP) is 4.11. The minimum Gasteiger partial charge on any atom is -0.493 e. The van der Waals surface area contributed by atoms with E-state index in [9.17, 15) is 26.2 Å². The largest absolute Gasteiger partial charge is 0.493 e. The normalized spacial score (nSPS) is 25.7. The smallest absolute Gasteiger partial charge is 0.417 e. The molecule has 0 amide bonds. The van der Waals surface area contributed by atoms with E-state index in [1.807, 2.05) is 4.83 Å². The summed E-state index contributed by atoms with van der Waals surface area (Å²) in [5, 5.41) is 0. The van der Waals surface area contributed by atoms with Crippen LogP contribution in [-0.4, -0.2) is 42.6 Å². The van der Waals surface area contributed by atoms with Gasteiger partial charge in [0.05, 0.1) is 12.6 Å². The average Bonchev–Trinajstić information content (AvgIpc) is 3.34. The number of benzene rings is 1. The standard InChI is InChI=1S/C20H20F5N5O4S/c1-8-12(9-4-5-10(21)13(22)15(9)33-3)16(34-19(8,2)20(23,24)25)18-27-11-6-7-26-17(14(11)28-18)29-30-35(31)32/h4-8,12,16,30H,1-3H3,(H,26,29)(H,27,28)(H,31,32)/t8-,12-,16+,19+/m0/s1. The number of H-pyrrole nitrogens is 1. The Bertz CT molecular complexity index is 1290. The molecule has 3 aromatic rings. The van der Waals surface area contributed by atoms with Crippen LogP contribution in [0.2, 0.25) is 0 Å². The minimum atomic E-state index is -4.80. The summed E-state index contributed by atoms with van der Waals surface area (Å²) >= 11 is -2.44. The number of nitrogens with zero attached hydrogens (tertiary/aromatic N) is 2. The number of hydrogen-bond donors (Lipinski definition) is 4. The highest BCUT2D eigenvalue weighted by Crippen LogP contribution is 2.59. The van der Waals surface area contributed by atoms with Crippen molar-refractivity contribution in [3.63, 3.8) is 0 Å². The van der Waals surface area contributed by atoms with Gasteiger partial charge in [0.25, 0.3) is 0 Å². The molecule has 0 bridgehead atoms. The number of pyridine rings is 1. The lowest BCUT2D eigenvalue weighted by Gasteiger charge is -2.32. The third kappa shape index (κ3) is 4.22. The van der Waals surface area contributed by atoms with Gasteiger partial charge in [0.2, 0.25) is 17.1 Å². The molecule has 1 unspecified atom stereocenters. The summed E-state index contributed by atoms with van der Waals surface area (Å²) in [5.41, 5.74) is 0.169. The van der Waals surface area contributed by atoms with E-state index in [1.54, 1.807) is 0 Å². The van der Waals surface area contributed by atoms with E-state index < -0.39 is 58.4 Å². The first kappa shape index (κ1) is 25.2. The first-order valence-electron chi connectivity index (χ1n) is 10.1. The molecule has 4 N–H and O–H groups in total. The fraction of sp³-hybridized carbons (Fsp3) is 0.400. The number of hydrazine groups is 1. The summed E-state index contributed by atoms with van der Waals surface area (Å²) in [5.74, 6) is -5.53. The van der Waals surface area contributed by atoms with Gasteiger partial charge >= 0.3 is 6.18 Å². The molecule has 1 aliphatic rings. The number of imidazole rings is 1. The van der Waals surface area contributed by atoms with Gasteiger partial charge in [0.15, 0.2) is 23.0 Å². The fourth-order valence-corrected chi connectivity index (χ4v) is 4.51. The van der Waals surface area contributed by atoms with Gasteiger partial charge in [0, 0.05) is 23.6 Å². The monoisotopic (exact) mass is 521 g/mol. The van der Waals surface area contributed by atoms with Crippen LogP contribution < -0.4 is 15.0 Å². The van der Waals surface area contributed by atoms with Crippen LogP contribution in [0.1, 0.15) is 37.3 Å². The van der Waals surface area contributed by atoms with E-state index in [-0.39, 0.29) is 22.7 Å². The maximum absolute atomic E-state index is 14.5. The first-order chi connectivity index (χ1) is 16.4. The summed E-state index contributed by atoms with van der Waals surface area (Å²) in [6, 6.07) is 3.46. The summed E-state index contributed by atoms with van der Waals surface area (Å²) in [4.78, 5) is 13.2. The molecule has 190 valence electrons. The maximum atomic E-state index is 14.5. The van der Waals surface area contributed by atoms with Gasteiger partial charge in [-0.3, -0.25) is 9.98 Å². The molecule has 9 nitrogen and oxygen atoms in total. The summed E-state index contributed by atoms with van der Waals surface area (Å²) in [7, 11) is 1.09. The highest BCUT2D eigenvalue weighted by Gasteiger charge is 2.65. The van der Waals surface area contributed by atoms with Crippen molar-refractivity contribution in [3.8, 4) is 5.75 Å². The van der Waals surface area contributed by atoms with E-state index in [0.717, 1.165) is 26.2 Å². The van der Waals surface area contributed by atoms with Gasteiger partial charge in [-0.25, -0.2) is 18.6 Å². The lowest BCUT2D eigenvalue weighted by Crippen LogP contribution is -2.46. The second-order valence-electron chi connectivity index (χ2n) is 8.10. The zero-order valence-corrected chi connectivity index (χ0v) is 19.2. The predicted molar refractivity (Wildman–Crippen MR) is 115 cm³/mol. The van der Waals surface area contributed by atoms with Crippen molar-refractivity contribution in [3.05, 3.63) is 47.4 Å². The number of alkyl halides is 3. The molecule has 0 radical (unpaired) electrons. The van der Waals surface area contributed by atoms with Crippen molar-refractivity contribution >= 4 is 28.1 Å². The lowest BCUT2D eigenvalue weighted by atomic mass is 9.77. The highest BCUT2D eigenvalue weighted by atomic mass is 32.2. The van der Waals surface area contributed by atoms with Crippen LogP contribution in [-0.2, 0) is 16.0 Å². The van der Waals surface area contributed by atoms with Gasteiger partial charge in [-0.05, 0) is 19.1 Å². The third-order valence-electron chi connectivity index (χ3n) is 6.26. The molecular weight excluding hydrogens is 501 g/mol. The van der Waals surface area contributed by atoms with E-state index in [4.69, 9.17) is 14.0 Å². The molecular formula is C20H20F5N5O4S. The van der Waals surface area contributed by atoms with E-state index in [2.05, 4.69) is 20.4 Å². The molecule has 0 saturated carbocycles. The topological polar surface area (TPSA) is 121 Å². The second kappa shape index (κ2) is 8.96. The third-order valence-corrected chi connectivity index (χ3v) is 6.53. The number of rotatable bonds is 6. The molecule has 35 heavy (non-hydrogen) atoms. The quantitative estimate of drug-likeness (QED) is 0.219. The SMILES string of the molecule is COc1c([C@H]2[C@H](c3nc4c(NNS(=O)O)nccc4[nH]3)O[C@@](C)(C(F)(F)F)[C@H]2C)ccc(F)c1F. The molecule has 1 aliphatic heterocycles. The van der Waals surface area contributed by atoms with Crippen molar-refractivity contribution in [2.24, 2.45) is 5.92 Å². The Hall–Kier alpha value is -2.88. The molecule has 1 fully saturated rings. The summed E-state index contributed by atoms with van der Waals surface area (Å²) in [6.45, 7) is 2.19. The Morgan fingerprint density at radius 2 is 2.00 bits per heavy atom. The first-order valence-corrected chi connectivity index (χ1v) is 11.2. The van der Waals surface area contributed by atoms with Crippen LogP contribution >= 0.6 is 0 Å². The lowest BCUT2D eigenvalue weighted by molar-refractivity contribution is -0.275. The molecule has 1 saturated heterocycles. The number of anilines is 1. The van der Waals surface area contributed by atoms with Crippen LogP contribution in [0, 0.1) is 17.6 Å². The Morgan fingerprint density at radius 3 is 2.63 bits per heavy atom. The van der Waals surface area contributed by atoms with Crippen LogP contribution in [0.4, 0.5) is 27.8 Å². The van der Waals surface area contributed by atoms with Gasteiger partial charge in [0.1, 0.15) is 17.4 Å². The van der Waals surface area contributed by atoms with Crippen molar-refractivity contribution in [1.29, 1.82) is 0 Å². The Balaban J connectivity index is 1.88. The Morgan fingerprint density at radius 1 is 1.29 bits per heavy atom. The van der Waals surface area contributed by atoms with E-state index in [1.165, 1.54) is 19.2 Å². The maximum Gasteiger partial charge on any atom is 0.417 e. The average molecular weight is 521 g/mol. The molecule has 5 atom stereocenters. The number of halogens is 5. The number of hydrogen-bond acceptors (Lipinski definition) is 6. The van der Waals surface area contributed by atoms with Crippen molar-refractivity contribution in [1.82, 2.24) is 19.8 Å². The Kier molecular flexibility index (Phi) is 6.46. The number of nitrogens with one attached hydrogen (secondary N) is 3. The number of methoxy groups -OCH3 is 1. The van der Waals surface area contributed by atoms with Crippen molar-refractivity contribution in [2.45, 2.75) is 37.6 Å². The number of aromatic amines is 1. The van der Waals surface area contributed by atoms with E-state index in [0.29, 0.717) is 5.52 Å². The zero-order chi connectivity index (χ0) is 25.7. The number of fused-ring (bicyclic) bond motifs is 1. The van der Waals surface area contributed by atoms with Gasteiger partial charge in [-0.1, -0.05) is 13.0 Å². The van der Waals surface area contributed by atoms with Crippen molar-refractivity contribution in [2.75, 3.05) is 12.5 Å². The Labute approximate surface area is 197 Å². The van der Waals surface area contributed by atoms with Crippen molar-refractivity contribution < 1.29 is 40.2 Å². The molecule has 1 aromatic carbocycles. The van der Waals surface area contributed by atoms with Gasteiger partial charge in [-0.15, -0.1) is 4.83 Å². The van der Waals surface area contributed by atoms with Gasteiger partial charge in [-0.2, -0.15) is 17.6 Å². The zero-order valence-electron chi connectivity index (χ0n) is 18.4. The molecule has 0 spiro atoms. The second-order valence-corrected chi connectivity index (χ2v) is 8.80. The molecule has 0 aliphatic carbocycles. The summed E-state index contributed by atoms with van der Waals surface area (Å²) < 4.78 is 101. The number of aromatic nitrogens is 3. The van der Waals surface area contributed by atoms with E-state index >= 15 is 0 Å². The summed E-state index contributed by atoms with van der Waals surface area (Å²) in [6.07, 6.45) is -4.85. The highest BCUT2D eigenvalue weighted by molar-refractivity contribution is 7.77. The van der Waals surface area contributed by atoms with Gasteiger partial charge < -0.3 is 14.5 Å².